The zero-order chi connectivity index (χ0) is 23.8. The predicted molar refractivity (Wildman–Crippen MR) is 119 cm³/mol. The van der Waals surface area contributed by atoms with Crippen molar-refractivity contribution in [3.05, 3.63) is 77.5 Å². The Kier molecular flexibility index (Phi) is 7.50. The fourth-order valence-corrected chi connectivity index (χ4v) is 2.72. The second kappa shape index (κ2) is 10.5. The van der Waals surface area contributed by atoms with Gasteiger partial charge < -0.3 is 14.8 Å². The minimum Gasteiger partial charge on any atom is -0.493 e. The van der Waals surface area contributed by atoms with Crippen molar-refractivity contribution in [3.63, 3.8) is 0 Å². The molecule has 1 aromatic heterocycles. The number of aromatic nitrogens is 1. The lowest BCUT2D eigenvalue weighted by Gasteiger charge is -2.13. The predicted octanol–water partition coefficient (Wildman–Crippen LogP) is 4.88. The number of ether oxygens (including phenoxy) is 2. The molecule has 0 aliphatic heterocycles. The molecule has 10 heteroatoms. The maximum absolute atomic E-state index is 12.6. The van der Waals surface area contributed by atoms with Gasteiger partial charge in [0.2, 0.25) is 0 Å². The molecule has 172 valence electrons. The van der Waals surface area contributed by atoms with E-state index in [4.69, 9.17) is 9.47 Å². The van der Waals surface area contributed by atoms with Crippen molar-refractivity contribution in [2.24, 2.45) is 5.10 Å². The number of methoxy groups -OCH3 is 1. The van der Waals surface area contributed by atoms with Crippen LogP contribution in [0.5, 0.6) is 11.5 Å². The molecular formula is C23H21F3N4O3. The summed E-state index contributed by atoms with van der Waals surface area (Å²) in [6.07, 6.45) is -2.37. The van der Waals surface area contributed by atoms with Crippen LogP contribution in [0.25, 0.3) is 0 Å². The maximum atomic E-state index is 12.6. The molecule has 2 aromatic carbocycles. The molecule has 0 saturated heterocycles. The van der Waals surface area contributed by atoms with Gasteiger partial charge in [-0.05, 0) is 43.3 Å². The highest BCUT2D eigenvalue weighted by Gasteiger charge is 2.30. The van der Waals surface area contributed by atoms with Gasteiger partial charge in [-0.1, -0.05) is 23.8 Å². The summed E-state index contributed by atoms with van der Waals surface area (Å²) in [5.41, 5.74) is 3.89. The molecule has 0 saturated carbocycles. The first kappa shape index (κ1) is 23.6. The highest BCUT2D eigenvalue weighted by atomic mass is 19.4. The van der Waals surface area contributed by atoms with Gasteiger partial charge in [0.15, 0.2) is 18.1 Å². The zero-order valence-corrected chi connectivity index (χ0v) is 17.8. The second-order valence-corrected chi connectivity index (χ2v) is 6.88. The molecule has 1 amide bonds. The summed E-state index contributed by atoms with van der Waals surface area (Å²) >= 11 is 0. The van der Waals surface area contributed by atoms with Crippen molar-refractivity contribution in [1.82, 2.24) is 4.98 Å². The summed E-state index contributed by atoms with van der Waals surface area (Å²) < 4.78 is 48.9. The van der Waals surface area contributed by atoms with Crippen LogP contribution in [0.15, 0.2) is 65.9 Å². The van der Waals surface area contributed by atoms with Crippen LogP contribution < -0.4 is 20.2 Å². The van der Waals surface area contributed by atoms with Crippen LogP contribution >= 0.6 is 0 Å². The van der Waals surface area contributed by atoms with Crippen molar-refractivity contribution in [2.45, 2.75) is 13.1 Å². The Morgan fingerprint density at radius 1 is 1.12 bits per heavy atom. The molecule has 0 fully saturated rings. The fraction of sp³-hybridized carbons (Fsp3) is 0.174. The summed E-state index contributed by atoms with van der Waals surface area (Å²) in [5, 5.41) is 6.73. The molecule has 0 aliphatic carbocycles. The summed E-state index contributed by atoms with van der Waals surface area (Å²) in [5.74, 6) is 0.432. The number of rotatable bonds is 8. The lowest BCUT2D eigenvalue weighted by atomic mass is 10.2. The van der Waals surface area contributed by atoms with Crippen molar-refractivity contribution in [2.75, 3.05) is 24.5 Å². The smallest absolute Gasteiger partial charge is 0.417 e. The summed E-state index contributed by atoms with van der Waals surface area (Å²) in [6, 6.07) is 14.4. The Morgan fingerprint density at radius 3 is 2.52 bits per heavy atom. The van der Waals surface area contributed by atoms with Gasteiger partial charge in [-0.2, -0.15) is 18.3 Å². The normalized spacial score (nSPS) is 11.3. The summed E-state index contributed by atoms with van der Waals surface area (Å²) in [4.78, 5) is 16.0. The van der Waals surface area contributed by atoms with Crippen LogP contribution in [0, 0.1) is 6.92 Å². The Bertz CT molecular complexity index is 1120. The van der Waals surface area contributed by atoms with Gasteiger partial charge in [-0.15, -0.1) is 0 Å². The number of hydrogen-bond acceptors (Lipinski definition) is 6. The molecule has 0 unspecified atom stereocenters. The number of pyridine rings is 1. The first-order valence-electron chi connectivity index (χ1n) is 9.75. The molecule has 0 bridgehead atoms. The van der Waals surface area contributed by atoms with Gasteiger partial charge in [-0.25, -0.2) is 4.98 Å². The van der Waals surface area contributed by atoms with Crippen LogP contribution in [0.4, 0.5) is 24.7 Å². The van der Waals surface area contributed by atoms with Crippen LogP contribution in [0.1, 0.15) is 16.7 Å². The maximum Gasteiger partial charge on any atom is 0.417 e. The number of nitrogens with zero attached hydrogens (tertiary/aromatic N) is 2. The van der Waals surface area contributed by atoms with E-state index in [1.165, 1.54) is 19.4 Å². The highest BCUT2D eigenvalue weighted by Crippen LogP contribution is 2.30. The van der Waals surface area contributed by atoms with Crippen molar-refractivity contribution < 1.29 is 27.4 Å². The van der Waals surface area contributed by atoms with E-state index in [1.54, 1.807) is 30.3 Å². The van der Waals surface area contributed by atoms with E-state index in [1.807, 2.05) is 19.1 Å². The first-order valence-corrected chi connectivity index (χ1v) is 9.75. The molecule has 3 aromatic rings. The van der Waals surface area contributed by atoms with Gasteiger partial charge >= 0.3 is 6.18 Å². The monoisotopic (exact) mass is 458 g/mol. The van der Waals surface area contributed by atoms with Crippen molar-refractivity contribution in [3.8, 4) is 11.5 Å². The second-order valence-electron chi connectivity index (χ2n) is 6.88. The van der Waals surface area contributed by atoms with E-state index in [0.717, 1.165) is 11.6 Å². The molecule has 0 aliphatic rings. The van der Waals surface area contributed by atoms with Crippen LogP contribution in [-0.2, 0) is 11.0 Å². The lowest BCUT2D eigenvalue weighted by molar-refractivity contribution is -0.137. The molecule has 2 N–H and O–H groups in total. The van der Waals surface area contributed by atoms with Crippen molar-refractivity contribution in [1.29, 1.82) is 0 Å². The van der Waals surface area contributed by atoms with Crippen molar-refractivity contribution >= 4 is 23.6 Å². The number of anilines is 2. The van der Waals surface area contributed by atoms with Gasteiger partial charge in [0.05, 0.1) is 18.9 Å². The number of aryl methyl sites for hydroxylation is 1. The Hall–Kier alpha value is -4.08. The number of hydrazone groups is 1. The molecule has 1 heterocycles. The number of halogens is 3. The highest BCUT2D eigenvalue weighted by molar-refractivity contribution is 5.92. The number of carbonyl (C=O) groups excluding carboxylic acids is 1. The third-order valence-electron chi connectivity index (χ3n) is 4.39. The molecule has 0 radical (unpaired) electrons. The zero-order valence-electron chi connectivity index (χ0n) is 17.8. The number of para-hydroxylation sites is 1. The molecular weight excluding hydrogens is 437 g/mol. The number of hydrogen-bond donors (Lipinski definition) is 2. The van der Waals surface area contributed by atoms with E-state index >= 15 is 0 Å². The molecule has 0 atom stereocenters. The van der Waals surface area contributed by atoms with Gasteiger partial charge in [0.25, 0.3) is 5.91 Å². The Morgan fingerprint density at radius 2 is 1.88 bits per heavy atom. The molecule has 33 heavy (non-hydrogen) atoms. The third-order valence-corrected chi connectivity index (χ3v) is 4.39. The number of alkyl halides is 3. The van der Waals surface area contributed by atoms with E-state index in [-0.39, 0.29) is 24.1 Å². The summed E-state index contributed by atoms with van der Waals surface area (Å²) in [6.45, 7) is 1.67. The molecule has 0 spiro atoms. The van der Waals surface area contributed by atoms with E-state index in [0.29, 0.717) is 23.2 Å². The Balaban J connectivity index is 1.66. The number of amides is 1. The SMILES string of the molecule is COc1cccc(/C=N\Nc2ccc(C(F)(F)F)cn2)c1OCC(=O)Nc1ccc(C)cc1. The number of carbonyl (C=O) groups is 1. The van der Waals surface area contributed by atoms with Crippen LogP contribution in [0.2, 0.25) is 0 Å². The van der Waals surface area contributed by atoms with E-state index in [9.17, 15) is 18.0 Å². The first-order chi connectivity index (χ1) is 15.8. The van der Waals surface area contributed by atoms with Crippen LogP contribution in [-0.4, -0.2) is 30.8 Å². The molecule has 7 nitrogen and oxygen atoms in total. The fourth-order valence-electron chi connectivity index (χ4n) is 2.72. The van der Waals surface area contributed by atoms with E-state index < -0.39 is 11.7 Å². The average molecular weight is 458 g/mol. The molecule has 3 rings (SSSR count). The Labute approximate surface area is 188 Å². The van der Waals surface area contributed by atoms with Crippen LogP contribution in [0.3, 0.4) is 0 Å². The average Bonchev–Trinajstić information content (AvgIpc) is 2.79. The largest absolute Gasteiger partial charge is 0.493 e. The third kappa shape index (κ3) is 6.70. The van der Waals surface area contributed by atoms with Gasteiger partial charge in [0.1, 0.15) is 5.82 Å². The lowest BCUT2D eigenvalue weighted by Crippen LogP contribution is -2.20. The summed E-state index contributed by atoms with van der Waals surface area (Å²) in [7, 11) is 1.46. The minimum absolute atomic E-state index is 0.127. The quantitative estimate of drug-likeness (QED) is 0.371. The van der Waals surface area contributed by atoms with Gasteiger partial charge in [0, 0.05) is 17.4 Å². The topological polar surface area (TPSA) is 84.8 Å². The number of benzene rings is 2. The van der Waals surface area contributed by atoms with E-state index in [2.05, 4.69) is 20.8 Å². The standard InChI is InChI=1S/C23H21F3N4O3/c1-15-6-9-18(10-7-15)29-21(31)14-33-22-16(4-3-5-19(22)32-2)12-28-30-20-11-8-17(13-27-20)23(24,25)26/h3-13H,14H2,1-2H3,(H,27,30)(H,29,31)/b28-12-. The number of nitrogens with one attached hydrogen (secondary N) is 2. The van der Waals surface area contributed by atoms with Gasteiger partial charge in [-0.3, -0.25) is 10.2 Å². The minimum atomic E-state index is -4.46.